The number of carbonyl (C=O) groups excluding carboxylic acids is 1. The Morgan fingerprint density at radius 3 is 2.31 bits per heavy atom. The van der Waals surface area contributed by atoms with Crippen LogP contribution in [0.25, 0.3) is 11.3 Å². The molecule has 0 fully saturated rings. The lowest BCUT2D eigenvalue weighted by atomic mass is 10.1. The van der Waals surface area contributed by atoms with Crippen LogP contribution in [0.4, 0.5) is 29.3 Å². The van der Waals surface area contributed by atoms with E-state index in [1.807, 2.05) is 0 Å². The van der Waals surface area contributed by atoms with Gasteiger partial charge in [-0.3, -0.25) is 5.10 Å². The maximum atomic E-state index is 13.8. The van der Waals surface area contributed by atoms with Gasteiger partial charge in [0.05, 0.1) is 13.3 Å². The first-order chi connectivity index (χ1) is 12.5. The molecule has 3 rings (SSSR count). The zero-order valence-electron chi connectivity index (χ0n) is 13.4. The third kappa shape index (κ3) is 3.61. The fourth-order valence-corrected chi connectivity index (χ4v) is 2.31. The van der Waals surface area contributed by atoms with Gasteiger partial charge in [-0.1, -0.05) is 0 Å². The molecule has 134 valence electrons. The van der Waals surface area contributed by atoms with Gasteiger partial charge >= 0.3 is 6.03 Å². The first-order valence-corrected chi connectivity index (χ1v) is 7.38. The second-order valence-corrected chi connectivity index (χ2v) is 5.22. The fraction of sp³-hybridized carbons (Fsp3) is 0.0588. The lowest BCUT2D eigenvalue weighted by molar-refractivity contribution is 0.262. The van der Waals surface area contributed by atoms with Crippen LogP contribution in [0.5, 0.6) is 5.75 Å². The molecule has 0 unspecified atom stereocenters. The van der Waals surface area contributed by atoms with E-state index < -0.39 is 23.5 Å². The molecule has 1 aromatic heterocycles. The third-order valence-electron chi connectivity index (χ3n) is 3.50. The summed E-state index contributed by atoms with van der Waals surface area (Å²) < 4.78 is 45.1. The highest BCUT2D eigenvalue weighted by atomic mass is 19.2. The number of hydrogen-bond donors (Lipinski definition) is 3. The van der Waals surface area contributed by atoms with Crippen molar-refractivity contribution in [1.82, 2.24) is 10.2 Å². The first-order valence-electron chi connectivity index (χ1n) is 7.38. The Hall–Kier alpha value is -3.49. The molecule has 0 atom stereocenters. The van der Waals surface area contributed by atoms with E-state index in [0.717, 1.165) is 18.3 Å². The van der Waals surface area contributed by atoms with Gasteiger partial charge in [0.15, 0.2) is 17.5 Å². The highest BCUT2D eigenvalue weighted by molar-refractivity contribution is 6.00. The van der Waals surface area contributed by atoms with Crippen LogP contribution in [0.2, 0.25) is 0 Å². The number of rotatable bonds is 4. The van der Waals surface area contributed by atoms with Crippen LogP contribution in [0.3, 0.4) is 0 Å². The first kappa shape index (κ1) is 17.3. The molecule has 6 nitrogen and oxygen atoms in total. The molecule has 0 saturated carbocycles. The summed E-state index contributed by atoms with van der Waals surface area (Å²) in [5.74, 6) is -2.30. The number of methoxy groups -OCH3 is 1. The van der Waals surface area contributed by atoms with Gasteiger partial charge in [-0.15, -0.1) is 0 Å². The van der Waals surface area contributed by atoms with E-state index in [1.165, 1.54) is 19.2 Å². The van der Waals surface area contributed by atoms with Gasteiger partial charge in [0, 0.05) is 23.0 Å². The van der Waals surface area contributed by atoms with E-state index in [9.17, 15) is 18.0 Å². The summed E-state index contributed by atoms with van der Waals surface area (Å²) in [5, 5.41) is 11.0. The van der Waals surface area contributed by atoms with Gasteiger partial charge in [-0.05, 0) is 30.3 Å². The zero-order chi connectivity index (χ0) is 18.7. The molecule has 1 heterocycles. The zero-order valence-corrected chi connectivity index (χ0v) is 13.4. The lowest BCUT2D eigenvalue weighted by Crippen LogP contribution is -2.19. The van der Waals surface area contributed by atoms with Crippen LogP contribution in [0, 0.1) is 17.5 Å². The minimum absolute atomic E-state index is 0.0785. The van der Waals surface area contributed by atoms with Gasteiger partial charge in [0.1, 0.15) is 11.4 Å². The summed E-state index contributed by atoms with van der Waals surface area (Å²) in [6.45, 7) is 0. The molecule has 3 aromatic rings. The standard InChI is InChI=1S/C17H13F3N4O2/c1-26-15-5-3-9(6-11(15)16-14(20)8-21-24-16)22-17(25)23-10-2-4-12(18)13(19)7-10/h2-8H,1H3,(H,21,24)(H2,22,23,25). The van der Waals surface area contributed by atoms with E-state index in [-0.39, 0.29) is 11.4 Å². The molecular weight excluding hydrogens is 349 g/mol. The Bertz CT molecular complexity index is 959. The Kier molecular flexibility index (Phi) is 4.78. The largest absolute Gasteiger partial charge is 0.496 e. The summed E-state index contributed by atoms with van der Waals surface area (Å²) in [5.41, 5.74) is 0.865. The molecular formula is C17H13F3N4O2. The number of benzene rings is 2. The van der Waals surface area contributed by atoms with Crippen molar-refractivity contribution in [3.8, 4) is 17.0 Å². The molecule has 0 aliphatic carbocycles. The van der Waals surface area contributed by atoms with E-state index >= 15 is 0 Å². The lowest BCUT2D eigenvalue weighted by Gasteiger charge is -2.12. The van der Waals surface area contributed by atoms with Crippen LogP contribution < -0.4 is 15.4 Å². The number of carbonyl (C=O) groups is 1. The number of anilines is 2. The predicted octanol–water partition coefficient (Wildman–Crippen LogP) is 4.15. The normalized spacial score (nSPS) is 10.5. The molecule has 2 aromatic carbocycles. The number of nitrogens with one attached hydrogen (secondary N) is 3. The molecule has 26 heavy (non-hydrogen) atoms. The Morgan fingerprint density at radius 1 is 1.00 bits per heavy atom. The van der Waals surface area contributed by atoms with E-state index in [1.54, 1.807) is 12.1 Å². The molecule has 0 bridgehead atoms. The predicted molar refractivity (Wildman–Crippen MR) is 89.5 cm³/mol. The number of aromatic nitrogens is 2. The number of aromatic amines is 1. The van der Waals surface area contributed by atoms with Gasteiger partial charge in [-0.25, -0.2) is 18.0 Å². The highest BCUT2D eigenvalue weighted by Gasteiger charge is 2.14. The second-order valence-electron chi connectivity index (χ2n) is 5.22. The van der Waals surface area contributed by atoms with Crippen LogP contribution in [-0.2, 0) is 0 Å². The average molecular weight is 362 g/mol. The number of amides is 2. The number of halogens is 3. The summed E-state index contributed by atoms with van der Waals surface area (Å²) in [4.78, 5) is 12.0. The van der Waals surface area contributed by atoms with Crippen molar-refractivity contribution in [3.63, 3.8) is 0 Å². The Balaban J connectivity index is 1.80. The minimum atomic E-state index is -1.08. The number of urea groups is 1. The Morgan fingerprint density at radius 2 is 1.69 bits per heavy atom. The smallest absolute Gasteiger partial charge is 0.323 e. The summed E-state index contributed by atoms with van der Waals surface area (Å²) in [6, 6.07) is 6.87. The van der Waals surface area contributed by atoms with Crippen molar-refractivity contribution in [2.75, 3.05) is 17.7 Å². The SMILES string of the molecule is COc1ccc(NC(=O)Nc2ccc(F)c(F)c2)cc1-c1[nH]ncc1F. The average Bonchev–Trinajstić information content (AvgIpc) is 3.04. The van der Waals surface area contributed by atoms with E-state index in [4.69, 9.17) is 4.74 Å². The van der Waals surface area contributed by atoms with Crippen molar-refractivity contribution in [2.24, 2.45) is 0 Å². The maximum absolute atomic E-state index is 13.8. The summed E-state index contributed by atoms with van der Waals surface area (Å²) >= 11 is 0. The fourth-order valence-electron chi connectivity index (χ4n) is 2.31. The Labute approximate surface area is 146 Å². The summed E-state index contributed by atoms with van der Waals surface area (Å²) in [7, 11) is 1.43. The molecule has 3 N–H and O–H groups in total. The third-order valence-corrected chi connectivity index (χ3v) is 3.50. The molecule has 0 aliphatic heterocycles. The van der Waals surface area contributed by atoms with Gasteiger partial charge in [0.2, 0.25) is 0 Å². The maximum Gasteiger partial charge on any atom is 0.323 e. The summed E-state index contributed by atoms with van der Waals surface area (Å²) in [6.07, 6.45) is 1.02. The molecule has 0 saturated heterocycles. The van der Waals surface area contributed by atoms with Crippen molar-refractivity contribution in [3.05, 3.63) is 60.0 Å². The monoisotopic (exact) mass is 362 g/mol. The molecule has 2 amide bonds. The molecule has 0 aliphatic rings. The molecule has 0 spiro atoms. The van der Waals surface area contributed by atoms with Crippen LogP contribution in [0.1, 0.15) is 0 Å². The van der Waals surface area contributed by atoms with Crippen molar-refractivity contribution in [2.45, 2.75) is 0 Å². The highest BCUT2D eigenvalue weighted by Crippen LogP contribution is 2.32. The number of nitrogens with zero attached hydrogens (tertiary/aromatic N) is 1. The topological polar surface area (TPSA) is 79.0 Å². The van der Waals surface area contributed by atoms with Crippen LogP contribution in [-0.4, -0.2) is 23.3 Å². The van der Waals surface area contributed by atoms with E-state index in [0.29, 0.717) is 17.0 Å². The van der Waals surface area contributed by atoms with Crippen molar-refractivity contribution < 1.29 is 22.7 Å². The van der Waals surface area contributed by atoms with Gasteiger partial charge in [0.25, 0.3) is 0 Å². The second kappa shape index (κ2) is 7.18. The van der Waals surface area contributed by atoms with Gasteiger partial charge in [-0.2, -0.15) is 5.10 Å². The minimum Gasteiger partial charge on any atom is -0.496 e. The number of H-pyrrole nitrogens is 1. The van der Waals surface area contributed by atoms with Crippen LogP contribution >= 0.6 is 0 Å². The van der Waals surface area contributed by atoms with Crippen molar-refractivity contribution >= 4 is 17.4 Å². The van der Waals surface area contributed by atoms with Gasteiger partial charge < -0.3 is 15.4 Å². The van der Waals surface area contributed by atoms with Crippen LogP contribution in [0.15, 0.2) is 42.6 Å². The number of ether oxygens (including phenoxy) is 1. The quantitative estimate of drug-likeness (QED) is 0.652. The van der Waals surface area contributed by atoms with E-state index in [2.05, 4.69) is 20.8 Å². The molecule has 0 radical (unpaired) electrons. The molecule has 9 heteroatoms. The van der Waals surface area contributed by atoms with Crippen molar-refractivity contribution in [1.29, 1.82) is 0 Å². The number of hydrogen-bond acceptors (Lipinski definition) is 3.